The van der Waals surface area contributed by atoms with Crippen molar-refractivity contribution in [3.8, 4) is 0 Å². The Labute approximate surface area is 76.9 Å². The molecule has 1 nitrogen and oxygen atoms in total. The molecule has 0 bridgehead atoms. The molecule has 12 heavy (non-hydrogen) atoms. The fourth-order valence-corrected chi connectivity index (χ4v) is 0.715. The number of unbranched alkanes of at least 4 members (excludes halogenated alkanes) is 4. The molecule has 0 amide bonds. The second-order valence-corrected chi connectivity index (χ2v) is 2.14. The second-order valence-electron chi connectivity index (χ2n) is 2.14. The quantitative estimate of drug-likeness (QED) is 0.257. The normalized spacial score (nSPS) is 6.58. The standard InChI is InChI=1S/C8H16.C2H4.CO/c1-3-5-7-8-6-4-2;2*1-2/h3H,1,4-8H2,2H3;1-2H2;. The molecule has 0 aromatic rings. The van der Waals surface area contributed by atoms with Crippen molar-refractivity contribution in [1.82, 2.24) is 0 Å². The summed E-state index contributed by atoms with van der Waals surface area (Å²) in [7, 11) is 0. The van der Waals surface area contributed by atoms with Crippen molar-refractivity contribution in [1.29, 1.82) is 0 Å². The molecule has 0 fully saturated rings. The molecule has 0 aliphatic rings. The molecule has 1 heteroatoms. The van der Waals surface area contributed by atoms with Crippen LogP contribution in [-0.2, 0) is 4.65 Å². The van der Waals surface area contributed by atoms with Crippen LogP contribution >= 0.6 is 0 Å². The number of hydrogen-bond donors (Lipinski definition) is 0. The van der Waals surface area contributed by atoms with Crippen LogP contribution in [-0.4, -0.2) is 0 Å². The van der Waals surface area contributed by atoms with Gasteiger partial charge in [-0.05, 0) is 12.8 Å². The molecule has 0 aromatic carbocycles. The Morgan fingerprint density at radius 1 is 1.17 bits per heavy atom. The van der Waals surface area contributed by atoms with E-state index in [2.05, 4.69) is 33.3 Å². The van der Waals surface area contributed by atoms with Gasteiger partial charge in [0.15, 0.2) is 0 Å². The van der Waals surface area contributed by atoms with Gasteiger partial charge in [-0.1, -0.05) is 32.3 Å². The van der Waals surface area contributed by atoms with E-state index < -0.39 is 0 Å². The first-order chi connectivity index (χ1) is 5.91. The Hall–Kier alpha value is -0.780. The molecule has 0 saturated heterocycles. The Kier molecular flexibility index (Phi) is 46.1. The summed E-state index contributed by atoms with van der Waals surface area (Å²) >= 11 is 0. The summed E-state index contributed by atoms with van der Waals surface area (Å²) in [5.74, 6) is 0. The van der Waals surface area contributed by atoms with Crippen LogP contribution in [0, 0.1) is 6.65 Å². The molecule has 0 aliphatic heterocycles. The summed E-state index contributed by atoms with van der Waals surface area (Å²) in [5, 5.41) is 0. The predicted molar refractivity (Wildman–Crippen MR) is 54.1 cm³/mol. The molecule has 0 aliphatic carbocycles. The SMILES string of the molecule is C=C.C=CCCCCCC.[C-]#[O+]. The van der Waals surface area contributed by atoms with E-state index in [-0.39, 0.29) is 0 Å². The first-order valence-corrected chi connectivity index (χ1v) is 4.23. The van der Waals surface area contributed by atoms with Crippen LogP contribution in [0.15, 0.2) is 25.8 Å². The van der Waals surface area contributed by atoms with Crippen molar-refractivity contribution in [2.75, 3.05) is 0 Å². The third-order valence-corrected chi connectivity index (χ3v) is 1.26. The first-order valence-electron chi connectivity index (χ1n) is 4.23. The van der Waals surface area contributed by atoms with Gasteiger partial charge >= 0.3 is 11.3 Å². The van der Waals surface area contributed by atoms with Gasteiger partial charge in [0, 0.05) is 0 Å². The van der Waals surface area contributed by atoms with Gasteiger partial charge in [0.05, 0.1) is 0 Å². The van der Waals surface area contributed by atoms with Gasteiger partial charge in [-0.25, -0.2) is 0 Å². The van der Waals surface area contributed by atoms with Gasteiger partial charge in [0.2, 0.25) is 0 Å². The van der Waals surface area contributed by atoms with Crippen molar-refractivity contribution >= 4 is 0 Å². The maximum atomic E-state index is 7.50. The molecule has 0 spiro atoms. The second kappa shape index (κ2) is 31.9. The topological polar surface area (TPSA) is 19.9 Å². The molecule has 0 radical (unpaired) electrons. The van der Waals surface area contributed by atoms with Crippen LogP contribution in [0.3, 0.4) is 0 Å². The van der Waals surface area contributed by atoms with Gasteiger partial charge < -0.3 is 0 Å². The van der Waals surface area contributed by atoms with E-state index in [1.165, 1.54) is 32.1 Å². The molecule has 0 N–H and O–H groups in total. The van der Waals surface area contributed by atoms with Gasteiger partial charge in [-0.15, -0.1) is 19.7 Å². The predicted octanol–water partition coefficient (Wildman–Crippen LogP) is 3.91. The minimum atomic E-state index is 1.19. The zero-order valence-corrected chi connectivity index (χ0v) is 8.14. The molecular formula is C11H20O. The Bertz CT molecular complexity index is 84.3. The monoisotopic (exact) mass is 168 g/mol. The third-order valence-electron chi connectivity index (χ3n) is 1.26. The summed E-state index contributed by atoms with van der Waals surface area (Å²) in [6, 6.07) is 0. The van der Waals surface area contributed by atoms with Crippen molar-refractivity contribution in [2.45, 2.75) is 39.0 Å². The molecule has 0 atom stereocenters. The zero-order valence-electron chi connectivity index (χ0n) is 8.14. The van der Waals surface area contributed by atoms with Crippen LogP contribution in [0.25, 0.3) is 0 Å². The van der Waals surface area contributed by atoms with E-state index in [1.807, 2.05) is 6.08 Å². The van der Waals surface area contributed by atoms with Gasteiger partial charge in [0.25, 0.3) is 0 Å². The van der Waals surface area contributed by atoms with Crippen LogP contribution < -0.4 is 0 Å². The Morgan fingerprint density at radius 3 is 2.00 bits per heavy atom. The third kappa shape index (κ3) is 35.0. The van der Waals surface area contributed by atoms with E-state index in [0.717, 1.165) is 0 Å². The van der Waals surface area contributed by atoms with E-state index in [1.54, 1.807) is 0 Å². The number of allylic oxidation sites excluding steroid dienone is 1. The summed E-state index contributed by atoms with van der Waals surface area (Å²) in [4.78, 5) is 0. The van der Waals surface area contributed by atoms with Crippen LogP contribution in [0.5, 0.6) is 0 Å². The van der Waals surface area contributed by atoms with E-state index in [9.17, 15) is 0 Å². The number of rotatable bonds is 5. The first kappa shape index (κ1) is 17.3. The summed E-state index contributed by atoms with van der Waals surface area (Å²) in [6.07, 6.45) is 8.61. The average molecular weight is 168 g/mol. The molecule has 0 rings (SSSR count). The van der Waals surface area contributed by atoms with Gasteiger partial charge in [-0.3, -0.25) is 0 Å². The summed E-state index contributed by atoms with van der Waals surface area (Å²) < 4.78 is 7.50. The van der Waals surface area contributed by atoms with Gasteiger partial charge in [-0.2, -0.15) is 0 Å². The molecule has 0 aromatic heterocycles. The fourth-order valence-electron chi connectivity index (χ4n) is 0.715. The van der Waals surface area contributed by atoms with Crippen LogP contribution in [0.4, 0.5) is 0 Å². The minimum absolute atomic E-state index is 1.19. The van der Waals surface area contributed by atoms with E-state index in [0.29, 0.717) is 0 Å². The average Bonchev–Trinajstić information content (AvgIpc) is 2.19. The van der Waals surface area contributed by atoms with Crippen LogP contribution in [0.1, 0.15) is 39.0 Å². The van der Waals surface area contributed by atoms with E-state index in [4.69, 9.17) is 4.65 Å². The molecule has 70 valence electrons. The van der Waals surface area contributed by atoms with E-state index >= 15 is 0 Å². The molecule has 0 saturated carbocycles. The summed E-state index contributed by atoms with van der Waals surface area (Å²) in [5.41, 5.74) is 0. The maximum absolute atomic E-state index is 7.50. The fraction of sp³-hybridized carbons (Fsp3) is 0.545. The van der Waals surface area contributed by atoms with Crippen molar-refractivity contribution < 1.29 is 4.65 Å². The Morgan fingerprint density at radius 2 is 1.67 bits per heavy atom. The molecule has 0 unspecified atom stereocenters. The van der Waals surface area contributed by atoms with Gasteiger partial charge in [0.1, 0.15) is 0 Å². The van der Waals surface area contributed by atoms with Crippen LogP contribution in [0.2, 0.25) is 0 Å². The Balaban J connectivity index is -0.000000175. The van der Waals surface area contributed by atoms with Crippen molar-refractivity contribution in [2.24, 2.45) is 0 Å². The van der Waals surface area contributed by atoms with Crippen molar-refractivity contribution in [3.63, 3.8) is 0 Å². The van der Waals surface area contributed by atoms with Crippen molar-refractivity contribution in [3.05, 3.63) is 32.5 Å². The zero-order chi connectivity index (χ0) is 10.2. The molecular weight excluding hydrogens is 148 g/mol. The summed E-state index contributed by atoms with van der Waals surface area (Å²) in [6.45, 7) is 16.4. The molecule has 0 heterocycles. The number of hydrogen-bond acceptors (Lipinski definition) is 0.